The monoisotopic (exact) mass is 341 g/mol. The van der Waals surface area contributed by atoms with Crippen molar-refractivity contribution in [2.24, 2.45) is 0 Å². The van der Waals surface area contributed by atoms with E-state index in [0.717, 1.165) is 17.7 Å². The maximum Gasteiger partial charge on any atom is 0.252 e. The fraction of sp³-hybridized carbons (Fsp3) is 0.353. The van der Waals surface area contributed by atoms with Gasteiger partial charge in [0.15, 0.2) is 0 Å². The van der Waals surface area contributed by atoms with E-state index in [0.29, 0.717) is 16.6 Å². The van der Waals surface area contributed by atoms with E-state index >= 15 is 0 Å². The minimum absolute atomic E-state index is 0.535. The molecule has 1 aliphatic rings. The predicted molar refractivity (Wildman–Crippen MR) is 91.8 cm³/mol. The predicted octanol–water partition coefficient (Wildman–Crippen LogP) is 2.94. The summed E-state index contributed by atoms with van der Waals surface area (Å²) in [5, 5.41) is 4.35. The van der Waals surface area contributed by atoms with Crippen molar-refractivity contribution < 1.29 is 4.21 Å². The summed E-state index contributed by atoms with van der Waals surface area (Å²) in [6.07, 6.45) is 6.12. The normalized spacial score (nSPS) is 17.1. The topological polar surface area (TPSA) is 84.0 Å². The zero-order chi connectivity index (χ0) is 16.9. The number of nitrogens with zero attached hydrogens (tertiary/aromatic N) is 4. The van der Waals surface area contributed by atoms with Crippen molar-refractivity contribution in [3.63, 3.8) is 0 Å². The molecule has 24 heavy (non-hydrogen) atoms. The lowest BCUT2D eigenvalue weighted by atomic mass is 10.00. The number of aromatic nitrogens is 4. The van der Waals surface area contributed by atoms with E-state index in [4.69, 9.17) is 4.78 Å². The number of fused-ring (bicyclic) bond motifs is 1. The highest BCUT2D eigenvalue weighted by Crippen LogP contribution is 2.42. The second kappa shape index (κ2) is 5.37. The largest absolute Gasteiger partial charge is 0.252 e. The Hall–Kier alpha value is -2.28. The highest BCUT2D eigenvalue weighted by molar-refractivity contribution is 7.91. The molecule has 0 bridgehead atoms. The van der Waals surface area contributed by atoms with Crippen molar-refractivity contribution in [3.8, 4) is 0 Å². The molecule has 0 amide bonds. The summed E-state index contributed by atoms with van der Waals surface area (Å²) in [5.41, 5.74) is 4.53. The summed E-state index contributed by atoms with van der Waals surface area (Å²) in [6, 6.07) is 7.49. The van der Waals surface area contributed by atoms with Gasteiger partial charge in [0.25, 0.3) is 5.78 Å². The van der Waals surface area contributed by atoms with Gasteiger partial charge in [0, 0.05) is 29.2 Å². The second-order valence-electron chi connectivity index (χ2n) is 6.47. The van der Waals surface area contributed by atoms with Crippen LogP contribution in [-0.4, -0.2) is 30.0 Å². The summed E-state index contributed by atoms with van der Waals surface area (Å²) < 4.78 is 21.4. The van der Waals surface area contributed by atoms with E-state index in [9.17, 15) is 4.21 Å². The van der Waals surface area contributed by atoms with Gasteiger partial charge in [-0.2, -0.15) is 10.1 Å². The Bertz CT molecular complexity index is 1020. The van der Waals surface area contributed by atoms with Crippen LogP contribution in [0.5, 0.6) is 0 Å². The summed E-state index contributed by atoms with van der Waals surface area (Å²) in [6.45, 7) is 2.02. The van der Waals surface area contributed by atoms with Crippen LogP contribution in [0.2, 0.25) is 0 Å². The van der Waals surface area contributed by atoms with Crippen LogP contribution in [0.25, 0.3) is 5.78 Å². The summed E-state index contributed by atoms with van der Waals surface area (Å²) in [5.74, 6) is 1.20. The van der Waals surface area contributed by atoms with Gasteiger partial charge in [-0.25, -0.2) is 18.5 Å². The Morgan fingerprint density at radius 1 is 1.29 bits per heavy atom. The quantitative estimate of drug-likeness (QED) is 0.791. The van der Waals surface area contributed by atoms with E-state index in [1.165, 1.54) is 30.4 Å². The minimum Gasteiger partial charge on any atom is -0.249 e. The lowest BCUT2D eigenvalue weighted by Gasteiger charge is -2.13. The molecule has 6 nitrogen and oxygen atoms in total. The van der Waals surface area contributed by atoms with Crippen molar-refractivity contribution in [2.45, 2.75) is 37.0 Å². The van der Waals surface area contributed by atoms with Gasteiger partial charge in [0.05, 0.1) is 15.4 Å². The summed E-state index contributed by atoms with van der Waals surface area (Å²) in [7, 11) is -2.67. The molecule has 3 aromatic rings. The molecule has 0 saturated heterocycles. The van der Waals surface area contributed by atoms with E-state index in [-0.39, 0.29) is 0 Å². The molecule has 1 aromatic carbocycles. The molecular formula is C17H19N5OS. The highest BCUT2D eigenvalue weighted by atomic mass is 32.2. The Labute approximate surface area is 140 Å². The average Bonchev–Trinajstić information content (AvgIpc) is 3.26. The van der Waals surface area contributed by atoms with E-state index < -0.39 is 9.73 Å². The molecule has 124 valence electrons. The van der Waals surface area contributed by atoms with Gasteiger partial charge in [0.1, 0.15) is 6.33 Å². The molecule has 1 aliphatic carbocycles. The van der Waals surface area contributed by atoms with Crippen LogP contribution in [0, 0.1) is 11.7 Å². The van der Waals surface area contributed by atoms with Crippen LogP contribution in [0.4, 0.5) is 0 Å². The number of hydrogen-bond acceptors (Lipinski definition) is 5. The van der Waals surface area contributed by atoms with Gasteiger partial charge in [0.2, 0.25) is 0 Å². The zero-order valence-corrected chi connectivity index (χ0v) is 14.5. The first-order valence-corrected chi connectivity index (χ1v) is 9.92. The van der Waals surface area contributed by atoms with Gasteiger partial charge in [-0.3, -0.25) is 0 Å². The molecule has 1 atom stereocenters. The van der Waals surface area contributed by atoms with Crippen molar-refractivity contribution in [1.29, 1.82) is 4.78 Å². The zero-order valence-electron chi connectivity index (χ0n) is 13.7. The van der Waals surface area contributed by atoms with E-state index in [1.807, 2.05) is 23.6 Å². The number of aryl methyl sites for hydroxylation is 1. The molecular weight excluding hydrogens is 322 g/mol. The lowest BCUT2D eigenvalue weighted by Crippen LogP contribution is -2.09. The maximum absolute atomic E-state index is 11.8. The van der Waals surface area contributed by atoms with Crippen molar-refractivity contribution >= 4 is 15.5 Å². The molecule has 0 spiro atoms. The van der Waals surface area contributed by atoms with Gasteiger partial charge >= 0.3 is 0 Å². The summed E-state index contributed by atoms with van der Waals surface area (Å²) >= 11 is 0. The number of nitrogens with one attached hydrogen (secondary N) is 1. The number of rotatable bonds is 4. The Morgan fingerprint density at radius 3 is 2.62 bits per heavy atom. The third-order valence-corrected chi connectivity index (χ3v) is 5.66. The first-order valence-electron chi connectivity index (χ1n) is 7.95. The fourth-order valence-electron chi connectivity index (χ4n) is 3.08. The average molecular weight is 341 g/mol. The molecule has 4 rings (SSSR count). The lowest BCUT2D eigenvalue weighted by molar-refractivity contribution is 0.679. The molecule has 1 unspecified atom stereocenters. The van der Waals surface area contributed by atoms with Crippen LogP contribution in [-0.2, 0) is 16.1 Å². The van der Waals surface area contributed by atoms with Crippen LogP contribution in [0.15, 0.2) is 35.5 Å². The van der Waals surface area contributed by atoms with Crippen molar-refractivity contribution in [1.82, 2.24) is 19.6 Å². The van der Waals surface area contributed by atoms with Crippen LogP contribution < -0.4 is 0 Å². The maximum atomic E-state index is 11.8. The molecule has 2 heterocycles. The third kappa shape index (κ3) is 2.69. The van der Waals surface area contributed by atoms with E-state index in [1.54, 1.807) is 18.5 Å². The van der Waals surface area contributed by atoms with Crippen LogP contribution in [0.3, 0.4) is 0 Å². The van der Waals surface area contributed by atoms with E-state index in [2.05, 4.69) is 15.1 Å². The molecule has 1 saturated carbocycles. The smallest absolute Gasteiger partial charge is 0.249 e. The molecule has 0 aliphatic heterocycles. The van der Waals surface area contributed by atoms with Crippen LogP contribution >= 0.6 is 0 Å². The third-order valence-electron chi connectivity index (χ3n) is 4.49. The Kier molecular flexibility index (Phi) is 3.42. The van der Waals surface area contributed by atoms with Gasteiger partial charge in [-0.1, -0.05) is 12.1 Å². The Balaban J connectivity index is 1.77. The standard InChI is InChI=1S/C17H19N5OS/c1-11-15(9-12-3-7-14(8-4-12)24(2,18)23)16(13-5-6-13)22-17(21-11)19-10-20-22/h3-4,7-8,10,13,18H,5-6,9H2,1-2H3. The second-order valence-corrected chi connectivity index (χ2v) is 8.63. The first kappa shape index (κ1) is 15.3. The molecule has 1 N–H and O–H groups in total. The highest BCUT2D eigenvalue weighted by Gasteiger charge is 2.30. The first-order chi connectivity index (χ1) is 11.4. The van der Waals surface area contributed by atoms with Crippen molar-refractivity contribution in [2.75, 3.05) is 6.26 Å². The SMILES string of the molecule is Cc1nc2ncnn2c(C2CC2)c1Cc1ccc(S(C)(=N)=O)cc1. The van der Waals surface area contributed by atoms with Gasteiger partial charge in [-0.05, 0) is 43.0 Å². The molecule has 7 heteroatoms. The fourth-order valence-corrected chi connectivity index (χ4v) is 3.73. The number of benzene rings is 1. The van der Waals surface area contributed by atoms with Gasteiger partial charge in [-0.15, -0.1) is 0 Å². The summed E-state index contributed by atoms with van der Waals surface area (Å²) in [4.78, 5) is 9.36. The molecule has 1 fully saturated rings. The van der Waals surface area contributed by atoms with Gasteiger partial charge < -0.3 is 0 Å². The molecule has 2 aromatic heterocycles. The minimum atomic E-state index is -2.67. The molecule has 0 radical (unpaired) electrons. The van der Waals surface area contributed by atoms with Crippen molar-refractivity contribution in [3.05, 3.63) is 53.1 Å². The Morgan fingerprint density at radius 2 is 2.00 bits per heavy atom. The number of hydrogen-bond donors (Lipinski definition) is 1. The van der Waals surface area contributed by atoms with Crippen LogP contribution in [0.1, 0.15) is 41.3 Å².